The van der Waals surface area contributed by atoms with Crippen molar-refractivity contribution in [3.8, 4) is 0 Å². The first-order valence-corrected chi connectivity index (χ1v) is 7.51. The molecule has 0 fully saturated rings. The summed E-state index contributed by atoms with van der Waals surface area (Å²) in [6.45, 7) is 1.92. The third-order valence-corrected chi connectivity index (χ3v) is 4.38. The molecular weight excluding hydrogens is 296 g/mol. The lowest BCUT2D eigenvalue weighted by molar-refractivity contribution is -0.384. The number of non-ortho nitro benzene ring substituents is 1. The molecule has 2 rings (SSSR count). The molecule has 0 aliphatic rings. The second-order valence-corrected chi connectivity index (χ2v) is 6.24. The Hall–Kier alpha value is -2.26. The van der Waals surface area contributed by atoms with Crippen LogP contribution in [-0.2, 0) is 23.6 Å². The van der Waals surface area contributed by atoms with Crippen molar-refractivity contribution < 1.29 is 13.3 Å². The molecule has 0 unspecified atom stereocenters. The van der Waals surface area contributed by atoms with Gasteiger partial charge in [-0.15, -0.1) is 0 Å². The number of aryl methyl sites for hydroxylation is 2. The van der Waals surface area contributed by atoms with Crippen molar-refractivity contribution in [2.45, 2.75) is 18.4 Å². The zero-order valence-electron chi connectivity index (χ0n) is 11.5. The molecule has 8 nitrogen and oxygen atoms in total. The van der Waals surface area contributed by atoms with Gasteiger partial charge in [0, 0.05) is 24.9 Å². The van der Waals surface area contributed by atoms with Gasteiger partial charge in [-0.1, -0.05) is 0 Å². The number of nitrogens with one attached hydrogen (secondary N) is 1. The monoisotopic (exact) mass is 310 g/mol. The van der Waals surface area contributed by atoms with Crippen LogP contribution in [0.4, 0.5) is 5.69 Å². The molecule has 1 N–H and O–H groups in total. The summed E-state index contributed by atoms with van der Waals surface area (Å²) in [5.41, 5.74) is 1.36. The summed E-state index contributed by atoms with van der Waals surface area (Å²) in [6, 6.07) is 6.48. The number of nitro groups is 1. The van der Waals surface area contributed by atoms with Gasteiger partial charge < -0.3 is 0 Å². The Bertz CT molecular complexity index is 746. The summed E-state index contributed by atoms with van der Waals surface area (Å²) < 4.78 is 28.2. The van der Waals surface area contributed by atoms with E-state index >= 15 is 0 Å². The maximum absolute atomic E-state index is 12.1. The quantitative estimate of drug-likeness (QED) is 0.657. The van der Waals surface area contributed by atoms with Gasteiger partial charge in [-0.25, -0.2) is 13.1 Å². The Morgan fingerprint density at radius 2 is 1.95 bits per heavy atom. The van der Waals surface area contributed by atoms with E-state index in [0.717, 1.165) is 17.8 Å². The molecule has 0 spiro atoms. The minimum absolute atomic E-state index is 0.0271. The third-order valence-electron chi connectivity index (χ3n) is 2.97. The Balaban J connectivity index is 2.12. The van der Waals surface area contributed by atoms with Crippen molar-refractivity contribution in [3.05, 3.63) is 51.8 Å². The fourth-order valence-electron chi connectivity index (χ4n) is 1.72. The molecule has 2 aromatic rings. The standard InChI is InChI=1S/C12H14N4O4S/c1-9-7-10(14-15(9)2)8-13-21(19,20)12-5-3-11(4-6-12)16(17)18/h3-7,13H,8H2,1-2H3. The zero-order valence-corrected chi connectivity index (χ0v) is 12.3. The first-order chi connectivity index (χ1) is 9.79. The first kappa shape index (κ1) is 15.1. The van der Waals surface area contributed by atoms with E-state index in [9.17, 15) is 18.5 Å². The van der Waals surface area contributed by atoms with Crippen LogP contribution in [0.5, 0.6) is 0 Å². The van der Waals surface area contributed by atoms with Crippen molar-refractivity contribution in [3.63, 3.8) is 0 Å². The van der Waals surface area contributed by atoms with Gasteiger partial charge in [0.2, 0.25) is 10.0 Å². The average Bonchev–Trinajstić information content (AvgIpc) is 2.76. The Morgan fingerprint density at radius 1 is 1.33 bits per heavy atom. The van der Waals surface area contributed by atoms with Crippen molar-refractivity contribution >= 4 is 15.7 Å². The number of benzene rings is 1. The summed E-state index contributed by atoms with van der Waals surface area (Å²) in [5.74, 6) is 0. The number of aromatic nitrogens is 2. The van der Waals surface area contributed by atoms with Gasteiger partial charge in [0.25, 0.3) is 5.69 Å². The number of hydrogen-bond acceptors (Lipinski definition) is 5. The topological polar surface area (TPSA) is 107 Å². The van der Waals surface area contributed by atoms with E-state index in [-0.39, 0.29) is 17.1 Å². The van der Waals surface area contributed by atoms with E-state index in [4.69, 9.17) is 0 Å². The van der Waals surface area contributed by atoms with Crippen molar-refractivity contribution in [1.29, 1.82) is 0 Å². The van der Waals surface area contributed by atoms with Gasteiger partial charge in [-0.2, -0.15) is 5.10 Å². The van der Waals surface area contributed by atoms with Crippen molar-refractivity contribution in [2.24, 2.45) is 7.05 Å². The van der Waals surface area contributed by atoms with Crippen molar-refractivity contribution in [2.75, 3.05) is 0 Å². The lowest BCUT2D eigenvalue weighted by Gasteiger charge is -2.04. The Morgan fingerprint density at radius 3 is 2.43 bits per heavy atom. The molecular formula is C12H14N4O4S. The van der Waals surface area contributed by atoms with Crippen LogP contribution in [0.25, 0.3) is 0 Å². The number of nitrogens with zero attached hydrogens (tertiary/aromatic N) is 3. The van der Waals surface area contributed by atoms with E-state index in [0.29, 0.717) is 5.69 Å². The van der Waals surface area contributed by atoms with Crippen LogP contribution in [0.2, 0.25) is 0 Å². The fourth-order valence-corrected chi connectivity index (χ4v) is 2.72. The normalized spacial score (nSPS) is 11.5. The predicted molar refractivity (Wildman–Crippen MR) is 75.1 cm³/mol. The Labute approximate surface area is 121 Å². The molecule has 1 aromatic heterocycles. The molecule has 1 heterocycles. The molecule has 0 saturated carbocycles. The number of nitro benzene ring substituents is 1. The largest absolute Gasteiger partial charge is 0.273 e. The van der Waals surface area contributed by atoms with Crippen LogP contribution in [0.3, 0.4) is 0 Å². The Kier molecular flexibility index (Phi) is 4.05. The van der Waals surface area contributed by atoms with Crippen LogP contribution >= 0.6 is 0 Å². The minimum atomic E-state index is -3.73. The average molecular weight is 310 g/mol. The van der Waals surface area contributed by atoms with Gasteiger partial charge in [0.15, 0.2) is 0 Å². The summed E-state index contributed by atoms with van der Waals surface area (Å²) in [5, 5.41) is 14.7. The number of hydrogen-bond donors (Lipinski definition) is 1. The molecule has 0 amide bonds. The predicted octanol–water partition coefficient (Wildman–Crippen LogP) is 1.12. The molecule has 9 heteroatoms. The summed E-state index contributed by atoms with van der Waals surface area (Å²) in [7, 11) is -1.96. The second kappa shape index (κ2) is 5.62. The van der Waals surface area contributed by atoms with Gasteiger partial charge in [-0.05, 0) is 25.1 Å². The highest BCUT2D eigenvalue weighted by Crippen LogP contribution is 2.16. The highest BCUT2D eigenvalue weighted by atomic mass is 32.2. The maximum Gasteiger partial charge on any atom is 0.269 e. The summed E-state index contributed by atoms with van der Waals surface area (Å²) >= 11 is 0. The zero-order chi connectivity index (χ0) is 15.6. The second-order valence-electron chi connectivity index (χ2n) is 4.48. The molecule has 21 heavy (non-hydrogen) atoms. The molecule has 112 valence electrons. The van der Waals surface area contributed by atoms with E-state index in [1.54, 1.807) is 17.8 Å². The van der Waals surface area contributed by atoms with Crippen molar-refractivity contribution in [1.82, 2.24) is 14.5 Å². The molecule has 0 atom stereocenters. The van der Waals surface area contributed by atoms with Crippen LogP contribution in [-0.4, -0.2) is 23.1 Å². The number of rotatable bonds is 5. The van der Waals surface area contributed by atoms with Gasteiger partial charge in [-0.3, -0.25) is 14.8 Å². The van der Waals surface area contributed by atoms with E-state index < -0.39 is 14.9 Å². The molecule has 0 aliphatic carbocycles. The van der Waals surface area contributed by atoms with E-state index in [1.165, 1.54) is 12.1 Å². The highest BCUT2D eigenvalue weighted by molar-refractivity contribution is 7.89. The lowest BCUT2D eigenvalue weighted by Crippen LogP contribution is -2.23. The summed E-state index contributed by atoms with van der Waals surface area (Å²) in [6.07, 6.45) is 0. The SMILES string of the molecule is Cc1cc(CNS(=O)(=O)c2ccc([N+](=O)[O-])cc2)nn1C. The van der Waals surface area contributed by atoms with Gasteiger partial charge in [0.1, 0.15) is 0 Å². The molecule has 1 aromatic carbocycles. The van der Waals surface area contributed by atoms with Crippen LogP contribution in [0, 0.1) is 17.0 Å². The minimum Gasteiger partial charge on any atom is -0.273 e. The smallest absolute Gasteiger partial charge is 0.269 e. The van der Waals surface area contributed by atoms with Gasteiger partial charge >= 0.3 is 0 Å². The first-order valence-electron chi connectivity index (χ1n) is 6.03. The highest BCUT2D eigenvalue weighted by Gasteiger charge is 2.16. The third kappa shape index (κ3) is 3.44. The molecule has 0 bridgehead atoms. The molecule has 0 radical (unpaired) electrons. The van der Waals surface area contributed by atoms with Crippen LogP contribution in [0.1, 0.15) is 11.4 Å². The van der Waals surface area contributed by atoms with Crippen LogP contribution < -0.4 is 4.72 Å². The van der Waals surface area contributed by atoms with E-state index in [2.05, 4.69) is 9.82 Å². The molecule has 0 aliphatic heterocycles. The lowest BCUT2D eigenvalue weighted by atomic mass is 10.3. The fraction of sp³-hybridized carbons (Fsp3) is 0.250. The number of sulfonamides is 1. The van der Waals surface area contributed by atoms with E-state index in [1.807, 2.05) is 6.92 Å². The van der Waals surface area contributed by atoms with Crippen LogP contribution in [0.15, 0.2) is 35.2 Å². The maximum atomic E-state index is 12.1. The van der Waals surface area contributed by atoms with Gasteiger partial charge in [0.05, 0.1) is 22.1 Å². The summed E-state index contributed by atoms with van der Waals surface area (Å²) in [4.78, 5) is 9.93. The molecule has 0 saturated heterocycles.